The molecule has 2 heterocycles. The predicted octanol–water partition coefficient (Wildman–Crippen LogP) is 1.69. The van der Waals surface area contributed by atoms with E-state index in [1.165, 1.54) is 25.6 Å². The van der Waals surface area contributed by atoms with Crippen LogP contribution in [0.25, 0.3) is 0 Å². The number of hydrogen-bond donors (Lipinski definition) is 1. The second-order valence-electron chi connectivity index (χ2n) is 4.51. The molecule has 17 heavy (non-hydrogen) atoms. The molecule has 2 N–H and O–H groups in total. The highest BCUT2D eigenvalue weighted by molar-refractivity contribution is 5.63. The first-order valence-electron chi connectivity index (χ1n) is 6.15. The Kier molecular flexibility index (Phi) is 3.66. The highest BCUT2D eigenvalue weighted by Crippen LogP contribution is 2.33. The van der Waals surface area contributed by atoms with Crippen molar-refractivity contribution in [1.29, 1.82) is 0 Å². The maximum atomic E-state index is 5.79. The zero-order chi connectivity index (χ0) is 12.3. The van der Waals surface area contributed by atoms with E-state index in [0.29, 0.717) is 11.6 Å². The van der Waals surface area contributed by atoms with Crippen LogP contribution in [0.1, 0.15) is 26.2 Å². The van der Waals surface area contributed by atoms with Crippen LogP contribution in [-0.4, -0.2) is 30.2 Å². The molecular weight excluding hydrogens is 216 g/mol. The first kappa shape index (κ1) is 12.0. The fraction of sp³-hybridized carbons (Fsp3) is 0.667. The van der Waals surface area contributed by atoms with Crippen molar-refractivity contribution in [2.75, 3.05) is 30.8 Å². The lowest BCUT2D eigenvalue weighted by atomic mass is 10.0. The van der Waals surface area contributed by atoms with E-state index < -0.39 is 0 Å². The van der Waals surface area contributed by atoms with E-state index in [0.717, 1.165) is 24.8 Å². The molecule has 94 valence electrons. The lowest BCUT2D eigenvalue weighted by Gasteiger charge is -2.20. The van der Waals surface area contributed by atoms with Gasteiger partial charge in [-0.05, 0) is 18.8 Å². The Bertz CT molecular complexity index is 383. The highest BCUT2D eigenvalue weighted by Gasteiger charge is 2.25. The minimum absolute atomic E-state index is 0.413. The van der Waals surface area contributed by atoms with E-state index in [1.807, 2.05) is 0 Å². The lowest BCUT2D eigenvalue weighted by molar-refractivity contribution is 0.413. The number of aromatic nitrogens is 2. The Morgan fingerprint density at radius 2 is 2.35 bits per heavy atom. The fourth-order valence-electron chi connectivity index (χ4n) is 2.47. The molecule has 5 nitrogen and oxygen atoms in total. The van der Waals surface area contributed by atoms with Gasteiger partial charge in [-0.1, -0.05) is 13.3 Å². The molecule has 2 rings (SSSR count). The molecule has 0 spiro atoms. The summed E-state index contributed by atoms with van der Waals surface area (Å²) >= 11 is 0. The normalized spacial score (nSPS) is 19.6. The van der Waals surface area contributed by atoms with E-state index in [2.05, 4.69) is 21.8 Å². The monoisotopic (exact) mass is 236 g/mol. The van der Waals surface area contributed by atoms with Gasteiger partial charge >= 0.3 is 0 Å². The van der Waals surface area contributed by atoms with Gasteiger partial charge in [0.05, 0.1) is 7.11 Å². The molecule has 0 aromatic carbocycles. The van der Waals surface area contributed by atoms with E-state index >= 15 is 0 Å². The Hall–Kier alpha value is -1.52. The number of rotatable bonds is 4. The maximum absolute atomic E-state index is 5.79. The predicted molar refractivity (Wildman–Crippen MR) is 68.2 cm³/mol. The third-order valence-corrected chi connectivity index (χ3v) is 3.30. The van der Waals surface area contributed by atoms with Crippen LogP contribution < -0.4 is 15.4 Å². The topological polar surface area (TPSA) is 64.3 Å². The summed E-state index contributed by atoms with van der Waals surface area (Å²) in [5, 5.41) is 0. The van der Waals surface area contributed by atoms with Crippen LogP contribution in [0.5, 0.6) is 5.75 Å². The van der Waals surface area contributed by atoms with Gasteiger partial charge < -0.3 is 15.4 Å². The second kappa shape index (κ2) is 5.21. The number of anilines is 2. The standard InChI is InChI=1S/C12H20N4O/c1-3-4-9-5-6-16(7-9)12-10(17-2)11(13)14-8-15-12/h8-9H,3-7H2,1-2H3,(H2,13,14,15). The highest BCUT2D eigenvalue weighted by atomic mass is 16.5. The first-order chi connectivity index (χ1) is 8.26. The van der Waals surface area contributed by atoms with Crippen molar-refractivity contribution in [2.24, 2.45) is 5.92 Å². The average Bonchev–Trinajstić information content (AvgIpc) is 2.78. The van der Waals surface area contributed by atoms with E-state index in [-0.39, 0.29) is 0 Å². The quantitative estimate of drug-likeness (QED) is 0.862. The van der Waals surface area contributed by atoms with Crippen LogP contribution in [-0.2, 0) is 0 Å². The average molecular weight is 236 g/mol. The molecular formula is C12H20N4O. The zero-order valence-electron chi connectivity index (χ0n) is 10.5. The molecule has 1 fully saturated rings. The Morgan fingerprint density at radius 1 is 1.53 bits per heavy atom. The summed E-state index contributed by atoms with van der Waals surface area (Å²) in [4.78, 5) is 10.5. The third-order valence-electron chi connectivity index (χ3n) is 3.30. The smallest absolute Gasteiger partial charge is 0.204 e. The minimum atomic E-state index is 0.413. The lowest BCUT2D eigenvalue weighted by Crippen LogP contribution is -2.22. The van der Waals surface area contributed by atoms with Crippen LogP contribution in [0.15, 0.2) is 6.33 Å². The van der Waals surface area contributed by atoms with Crippen molar-refractivity contribution >= 4 is 11.6 Å². The van der Waals surface area contributed by atoms with E-state index in [9.17, 15) is 0 Å². The minimum Gasteiger partial charge on any atom is -0.490 e. The molecule has 1 unspecified atom stereocenters. The van der Waals surface area contributed by atoms with Crippen molar-refractivity contribution in [1.82, 2.24) is 9.97 Å². The summed E-state index contributed by atoms with van der Waals surface area (Å²) in [6.07, 6.45) is 5.24. The molecule has 0 saturated carbocycles. The Morgan fingerprint density at radius 3 is 3.06 bits per heavy atom. The van der Waals surface area contributed by atoms with Crippen LogP contribution in [0.4, 0.5) is 11.6 Å². The van der Waals surface area contributed by atoms with Crippen molar-refractivity contribution in [2.45, 2.75) is 26.2 Å². The van der Waals surface area contributed by atoms with Gasteiger partial charge in [0.25, 0.3) is 0 Å². The van der Waals surface area contributed by atoms with Gasteiger partial charge in [-0.3, -0.25) is 0 Å². The summed E-state index contributed by atoms with van der Waals surface area (Å²) in [6.45, 7) is 4.30. The van der Waals surface area contributed by atoms with Crippen LogP contribution in [0.2, 0.25) is 0 Å². The van der Waals surface area contributed by atoms with Gasteiger partial charge in [-0.2, -0.15) is 0 Å². The number of nitrogens with two attached hydrogens (primary N) is 1. The van der Waals surface area contributed by atoms with Gasteiger partial charge in [0.1, 0.15) is 6.33 Å². The Labute approximate surface area is 102 Å². The third kappa shape index (κ3) is 2.43. The molecule has 1 aliphatic rings. The van der Waals surface area contributed by atoms with E-state index in [1.54, 1.807) is 7.11 Å². The largest absolute Gasteiger partial charge is 0.490 e. The van der Waals surface area contributed by atoms with Crippen LogP contribution in [0.3, 0.4) is 0 Å². The van der Waals surface area contributed by atoms with Gasteiger partial charge in [-0.25, -0.2) is 9.97 Å². The molecule has 1 saturated heterocycles. The van der Waals surface area contributed by atoms with Crippen LogP contribution >= 0.6 is 0 Å². The van der Waals surface area contributed by atoms with E-state index in [4.69, 9.17) is 10.5 Å². The second-order valence-corrected chi connectivity index (χ2v) is 4.51. The van der Waals surface area contributed by atoms with Crippen molar-refractivity contribution in [3.8, 4) is 5.75 Å². The van der Waals surface area contributed by atoms with Gasteiger partial charge in [-0.15, -0.1) is 0 Å². The molecule has 1 aliphatic heterocycles. The number of hydrogen-bond acceptors (Lipinski definition) is 5. The molecule has 1 aromatic heterocycles. The van der Waals surface area contributed by atoms with Crippen LogP contribution in [0, 0.1) is 5.92 Å². The molecule has 5 heteroatoms. The van der Waals surface area contributed by atoms with Crippen molar-refractivity contribution in [3.63, 3.8) is 0 Å². The molecule has 1 atom stereocenters. The summed E-state index contributed by atoms with van der Waals surface area (Å²) in [7, 11) is 1.61. The first-order valence-corrected chi connectivity index (χ1v) is 6.15. The molecule has 1 aromatic rings. The summed E-state index contributed by atoms with van der Waals surface area (Å²) in [5.41, 5.74) is 5.79. The maximum Gasteiger partial charge on any atom is 0.204 e. The van der Waals surface area contributed by atoms with Gasteiger partial charge in [0.15, 0.2) is 11.6 Å². The molecule has 0 bridgehead atoms. The number of nitrogen functional groups attached to an aromatic ring is 1. The summed E-state index contributed by atoms with van der Waals surface area (Å²) < 4.78 is 5.29. The summed E-state index contributed by atoms with van der Waals surface area (Å²) in [6, 6.07) is 0. The fourth-order valence-corrected chi connectivity index (χ4v) is 2.47. The number of methoxy groups -OCH3 is 1. The summed E-state index contributed by atoms with van der Waals surface area (Å²) in [5.74, 6) is 2.61. The van der Waals surface area contributed by atoms with Crippen molar-refractivity contribution < 1.29 is 4.74 Å². The SMILES string of the molecule is CCCC1CCN(c2ncnc(N)c2OC)C1. The van der Waals surface area contributed by atoms with Crippen molar-refractivity contribution in [3.05, 3.63) is 6.33 Å². The molecule has 0 radical (unpaired) electrons. The molecule has 0 aliphatic carbocycles. The zero-order valence-corrected chi connectivity index (χ0v) is 10.5. The van der Waals surface area contributed by atoms with Gasteiger partial charge in [0.2, 0.25) is 5.75 Å². The van der Waals surface area contributed by atoms with Gasteiger partial charge in [0, 0.05) is 13.1 Å². The number of nitrogens with zero attached hydrogens (tertiary/aromatic N) is 3. The Balaban J connectivity index is 2.15. The number of ether oxygens (including phenoxy) is 1. The molecule has 0 amide bonds.